The molecule has 0 atom stereocenters. The van der Waals surface area contributed by atoms with Gasteiger partial charge >= 0.3 is 0 Å². The van der Waals surface area contributed by atoms with E-state index in [2.05, 4.69) is 10.5 Å². The number of carbonyl (C=O) groups excluding carboxylic acids is 1. The lowest BCUT2D eigenvalue weighted by atomic mass is 10.2. The molecule has 0 radical (unpaired) electrons. The molecule has 98 valence electrons. The zero-order valence-corrected chi connectivity index (χ0v) is 10.4. The molecule has 0 unspecified atom stereocenters. The molecule has 0 bridgehead atoms. The summed E-state index contributed by atoms with van der Waals surface area (Å²) in [6.07, 6.45) is 1.47. The average Bonchev–Trinajstić information content (AvgIpc) is 2.88. The molecule has 0 spiro atoms. The molecule has 6 nitrogen and oxygen atoms in total. The van der Waals surface area contributed by atoms with Crippen LogP contribution in [0.2, 0.25) is 0 Å². The van der Waals surface area contributed by atoms with Crippen LogP contribution in [0.15, 0.2) is 34.7 Å². The maximum atomic E-state index is 11.7. The fourth-order valence-corrected chi connectivity index (χ4v) is 1.90. The van der Waals surface area contributed by atoms with Crippen molar-refractivity contribution in [2.45, 2.75) is 0 Å². The van der Waals surface area contributed by atoms with Gasteiger partial charge in [0.15, 0.2) is 17.2 Å². The second-order valence-electron chi connectivity index (χ2n) is 3.58. The van der Waals surface area contributed by atoms with Gasteiger partial charge < -0.3 is 15.3 Å². The highest BCUT2D eigenvalue weighted by Gasteiger charge is 2.12. The number of phenolic OH excluding ortho intramolecular Hbond substituents is 3. The van der Waals surface area contributed by atoms with E-state index < -0.39 is 23.2 Å². The zero-order valence-electron chi connectivity index (χ0n) is 9.57. The van der Waals surface area contributed by atoms with Crippen molar-refractivity contribution in [2.75, 3.05) is 0 Å². The second kappa shape index (κ2) is 5.40. The van der Waals surface area contributed by atoms with Gasteiger partial charge in [0.25, 0.3) is 5.91 Å². The zero-order chi connectivity index (χ0) is 13.8. The Morgan fingerprint density at radius 3 is 2.53 bits per heavy atom. The number of benzene rings is 1. The SMILES string of the molecule is O=C(NN=Cc1cccs1)c1cc(O)c(O)c(O)c1. The third-order valence-electron chi connectivity index (χ3n) is 2.23. The molecular weight excluding hydrogens is 268 g/mol. The molecule has 2 rings (SSSR count). The van der Waals surface area contributed by atoms with Crippen molar-refractivity contribution in [2.24, 2.45) is 5.10 Å². The molecule has 19 heavy (non-hydrogen) atoms. The van der Waals surface area contributed by atoms with E-state index in [1.54, 1.807) is 0 Å². The first-order valence-electron chi connectivity index (χ1n) is 5.20. The summed E-state index contributed by atoms with van der Waals surface area (Å²) in [6.45, 7) is 0. The van der Waals surface area contributed by atoms with Crippen molar-refractivity contribution in [1.29, 1.82) is 0 Å². The third-order valence-corrected chi connectivity index (χ3v) is 3.04. The highest BCUT2D eigenvalue weighted by atomic mass is 32.1. The Bertz CT molecular complexity index is 600. The summed E-state index contributed by atoms with van der Waals surface area (Å²) in [5, 5.41) is 33.3. The molecule has 1 amide bonds. The number of phenols is 3. The van der Waals surface area contributed by atoms with E-state index >= 15 is 0 Å². The molecule has 7 heteroatoms. The van der Waals surface area contributed by atoms with E-state index in [9.17, 15) is 15.0 Å². The van der Waals surface area contributed by atoms with Crippen molar-refractivity contribution in [3.8, 4) is 17.2 Å². The number of nitrogens with one attached hydrogen (secondary N) is 1. The molecule has 0 saturated carbocycles. The number of nitrogens with zero attached hydrogens (tertiary/aromatic N) is 1. The standard InChI is InChI=1S/C12H10N2O4S/c15-9-4-7(5-10(16)11(9)17)12(18)14-13-6-8-2-1-3-19-8/h1-6,15-17H,(H,14,18). The predicted molar refractivity (Wildman–Crippen MR) is 70.8 cm³/mol. The van der Waals surface area contributed by atoms with E-state index in [1.165, 1.54) is 17.6 Å². The van der Waals surface area contributed by atoms with Crippen LogP contribution in [0.5, 0.6) is 17.2 Å². The van der Waals surface area contributed by atoms with Crippen LogP contribution in [-0.4, -0.2) is 27.4 Å². The summed E-state index contributed by atoms with van der Waals surface area (Å²) in [5.74, 6) is -2.43. The molecule has 1 aromatic heterocycles. The van der Waals surface area contributed by atoms with Gasteiger partial charge in [-0.3, -0.25) is 4.79 Å². The molecule has 0 aliphatic heterocycles. The van der Waals surface area contributed by atoms with Crippen LogP contribution in [0.4, 0.5) is 0 Å². The Morgan fingerprint density at radius 2 is 1.95 bits per heavy atom. The minimum absolute atomic E-state index is 0.0175. The van der Waals surface area contributed by atoms with Crippen LogP contribution in [0.1, 0.15) is 15.2 Å². The van der Waals surface area contributed by atoms with Gasteiger partial charge in [0.1, 0.15) is 0 Å². The maximum Gasteiger partial charge on any atom is 0.271 e. The Kier molecular flexibility index (Phi) is 3.67. The predicted octanol–water partition coefficient (Wildman–Crippen LogP) is 1.63. The Labute approximate surface area is 112 Å². The number of rotatable bonds is 3. The highest BCUT2D eigenvalue weighted by molar-refractivity contribution is 7.11. The van der Waals surface area contributed by atoms with Gasteiger partial charge in [0.2, 0.25) is 0 Å². The largest absolute Gasteiger partial charge is 0.504 e. The first kappa shape index (κ1) is 12.9. The first-order valence-corrected chi connectivity index (χ1v) is 6.07. The third kappa shape index (κ3) is 3.02. The minimum atomic E-state index is -0.668. The second-order valence-corrected chi connectivity index (χ2v) is 4.56. The van der Waals surface area contributed by atoms with Gasteiger partial charge in [-0.1, -0.05) is 6.07 Å². The summed E-state index contributed by atoms with van der Waals surface area (Å²) in [6, 6.07) is 5.75. The molecule has 2 aromatic rings. The number of hydrogen-bond acceptors (Lipinski definition) is 6. The summed E-state index contributed by atoms with van der Waals surface area (Å²) < 4.78 is 0. The van der Waals surface area contributed by atoms with E-state index in [4.69, 9.17) is 5.11 Å². The van der Waals surface area contributed by atoms with E-state index in [0.29, 0.717) is 0 Å². The Morgan fingerprint density at radius 1 is 1.26 bits per heavy atom. The summed E-state index contributed by atoms with van der Waals surface area (Å²) in [4.78, 5) is 12.5. The first-order chi connectivity index (χ1) is 9.08. The fourth-order valence-electron chi connectivity index (χ4n) is 1.32. The number of hydrazone groups is 1. The number of amides is 1. The normalized spacial score (nSPS) is 10.7. The van der Waals surface area contributed by atoms with E-state index in [0.717, 1.165) is 17.0 Å². The van der Waals surface area contributed by atoms with Gasteiger partial charge in [-0.2, -0.15) is 5.10 Å². The van der Waals surface area contributed by atoms with Gasteiger partial charge in [-0.15, -0.1) is 11.3 Å². The van der Waals surface area contributed by atoms with Gasteiger partial charge in [-0.25, -0.2) is 5.43 Å². The maximum absolute atomic E-state index is 11.7. The number of carbonyl (C=O) groups is 1. The van der Waals surface area contributed by atoms with Crippen molar-refractivity contribution in [3.63, 3.8) is 0 Å². The van der Waals surface area contributed by atoms with E-state index in [1.807, 2.05) is 17.5 Å². The van der Waals surface area contributed by atoms with Crippen LogP contribution in [0.25, 0.3) is 0 Å². The van der Waals surface area contributed by atoms with Crippen molar-refractivity contribution in [3.05, 3.63) is 40.1 Å². The fraction of sp³-hybridized carbons (Fsp3) is 0. The molecule has 0 fully saturated rings. The van der Waals surface area contributed by atoms with Gasteiger partial charge in [0, 0.05) is 10.4 Å². The Balaban J connectivity index is 2.08. The lowest BCUT2D eigenvalue weighted by molar-refractivity contribution is 0.0954. The lowest BCUT2D eigenvalue weighted by Gasteiger charge is -2.04. The average molecular weight is 278 g/mol. The van der Waals surface area contributed by atoms with Gasteiger partial charge in [-0.05, 0) is 23.6 Å². The highest BCUT2D eigenvalue weighted by Crippen LogP contribution is 2.35. The van der Waals surface area contributed by atoms with Crippen LogP contribution in [-0.2, 0) is 0 Å². The molecule has 4 N–H and O–H groups in total. The molecule has 1 aromatic carbocycles. The van der Waals surface area contributed by atoms with Crippen LogP contribution in [0.3, 0.4) is 0 Å². The summed E-state index contributed by atoms with van der Waals surface area (Å²) in [7, 11) is 0. The van der Waals surface area contributed by atoms with Crippen molar-refractivity contribution >= 4 is 23.5 Å². The smallest absolute Gasteiger partial charge is 0.271 e. The molecule has 1 heterocycles. The topological polar surface area (TPSA) is 102 Å². The van der Waals surface area contributed by atoms with Crippen LogP contribution in [0, 0.1) is 0 Å². The van der Waals surface area contributed by atoms with Crippen molar-refractivity contribution in [1.82, 2.24) is 5.43 Å². The number of hydrogen-bond donors (Lipinski definition) is 4. The Hall–Kier alpha value is -2.54. The van der Waals surface area contributed by atoms with Crippen LogP contribution < -0.4 is 5.43 Å². The molecule has 0 aliphatic rings. The quantitative estimate of drug-likeness (QED) is 0.389. The van der Waals surface area contributed by atoms with Gasteiger partial charge in [0.05, 0.1) is 6.21 Å². The number of thiophene rings is 1. The number of aromatic hydroxyl groups is 3. The minimum Gasteiger partial charge on any atom is -0.504 e. The lowest BCUT2D eigenvalue weighted by Crippen LogP contribution is -2.17. The van der Waals surface area contributed by atoms with Crippen LogP contribution >= 0.6 is 11.3 Å². The van der Waals surface area contributed by atoms with E-state index in [-0.39, 0.29) is 5.56 Å². The monoisotopic (exact) mass is 278 g/mol. The molecular formula is C12H10N2O4S. The summed E-state index contributed by atoms with van der Waals surface area (Å²) >= 11 is 1.46. The molecule has 0 aliphatic carbocycles. The summed E-state index contributed by atoms with van der Waals surface area (Å²) in [5.41, 5.74) is 2.23. The molecule has 0 saturated heterocycles. The van der Waals surface area contributed by atoms with Crippen molar-refractivity contribution < 1.29 is 20.1 Å².